The highest BCUT2D eigenvalue weighted by molar-refractivity contribution is 5.81. The zero-order valence-corrected chi connectivity index (χ0v) is 20.7. The predicted octanol–water partition coefficient (Wildman–Crippen LogP) is 5.29. The van der Waals surface area contributed by atoms with Gasteiger partial charge in [-0.25, -0.2) is 0 Å². The molecule has 5 nitrogen and oxygen atoms in total. The highest BCUT2D eigenvalue weighted by atomic mass is 16.5. The summed E-state index contributed by atoms with van der Waals surface area (Å²) in [5.74, 6) is 0.568. The summed E-state index contributed by atoms with van der Waals surface area (Å²) in [6, 6.07) is 25.8. The van der Waals surface area contributed by atoms with Crippen LogP contribution in [0.5, 0.6) is 5.75 Å². The van der Waals surface area contributed by atoms with Crippen molar-refractivity contribution in [1.29, 1.82) is 0 Å². The smallest absolute Gasteiger partial charge is 0.261 e. The molecule has 2 atom stereocenters. The lowest BCUT2D eigenvalue weighted by Crippen LogP contribution is -2.42. The lowest BCUT2D eigenvalue weighted by atomic mass is 9.87. The Morgan fingerprint density at radius 1 is 1.00 bits per heavy atom. The molecular formula is C30H34N2O3. The van der Waals surface area contributed by atoms with Crippen LogP contribution in [0, 0.1) is 5.92 Å². The Morgan fingerprint density at radius 3 is 2.34 bits per heavy atom. The van der Waals surface area contributed by atoms with Gasteiger partial charge in [-0.05, 0) is 47.2 Å². The summed E-state index contributed by atoms with van der Waals surface area (Å²) in [4.78, 5) is 28.0. The molecule has 0 unspecified atom stereocenters. The van der Waals surface area contributed by atoms with Gasteiger partial charge in [0.2, 0.25) is 5.91 Å². The Morgan fingerprint density at radius 2 is 1.69 bits per heavy atom. The summed E-state index contributed by atoms with van der Waals surface area (Å²) in [7, 11) is 0. The van der Waals surface area contributed by atoms with Crippen LogP contribution >= 0.6 is 0 Å². The summed E-state index contributed by atoms with van der Waals surface area (Å²) in [5, 5.41) is 2.98. The number of rotatable bonds is 8. The number of carbonyl (C=O) groups is 2. The second-order valence-corrected chi connectivity index (χ2v) is 9.33. The molecule has 1 aliphatic rings. The zero-order chi connectivity index (χ0) is 24.8. The first-order valence-electron chi connectivity index (χ1n) is 12.4. The third kappa shape index (κ3) is 5.73. The van der Waals surface area contributed by atoms with E-state index in [-0.39, 0.29) is 23.8 Å². The lowest BCUT2D eigenvalue weighted by Gasteiger charge is -2.39. The van der Waals surface area contributed by atoms with Gasteiger partial charge >= 0.3 is 0 Å². The van der Waals surface area contributed by atoms with Gasteiger partial charge in [0.25, 0.3) is 5.91 Å². The van der Waals surface area contributed by atoms with E-state index in [4.69, 9.17) is 4.74 Å². The van der Waals surface area contributed by atoms with Crippen LogP contribution in [0.25, 0.3) is 0 Å². The fourth-order valence-electron chi connectivity index (χ4n) is 4.62. The van der Waals surface area contributed by atoms with Crippen LogP contribution in [0.15, 0.2) is 78.9 Å². The second-order valence-electron chi connectivity index (χ2n) is 9.33. The van der Waals surface area contributed by atoms with E-state index in [1.165, 1.54) is 5.56 Å². The van der Waals surface area contributed by atoms with Crippen molar-refractivity contribution in [3.05, 3.63) is 101 Å². The molecule has 1 heterocycles. The van der Waals surface area contributed by atoms with E-state index in [2.05, 4.69) is 23.5 Å². The lowest BCUT2D eigenvalue weighted by molar-refractivity contribution is -0.136. The summed E-state index contributed by atoms with van der Waals surface area (Å²) in [6.45, 7) is 6.98. The Hall–Kier alpha value is -3.60. The molecule has 2 amide bonds. The molecule has 3 aromatic carbocycles. The Labute approximate surface area is 208 Å². The maximum atomic E-state index is 13.1. The van der Waals surface area contributed by atoms with Gasteiger partial charge in [0.05, 0.1) is 6.04 Å². The number of benzene rings is 3. The third-order valence-corrected chi connectivity index (χ3v) is 6.49. The molecule has 0 bridgehead atoms. The molecule has 0 aromatic heterocycles. The van der Waals surface area contributed by atoms with Crippen molar-refractivity contribution in [2.24, 2.45) is 5.92 Å². The summed E-state index contributed by atoms with van der Waals surface area (Å²) in [6.07, 6.45) is 0.758. The minimum absolute atomic E-state index is 0.0834. The number of fused-ring (bicyclic) bond motifs is 1. The molecular weight excluding hydrogens is 436 g/mol. The number of amides is 2. The summed E-state index contributed by atoms with van der Waals surface area (Å²) in [5.41, 5.74) is 4.39. The summed E-state index contributed by atoms with van der Waals surface area (Å²) < 4.78 is 6.19. The van der Waals surface area contributed by atoms with E-state index in [9.17, 15) is 9.59 Å². The van der Waals surface area contributed by atoms with Gasteiger partial charge < -0.3 is 15.0 Å². The van der Waals surface area contributed by atoms with Gasteiger partial charge in [-0.1, -0.05) is 87.5 Å². The number of ether oxygens (including phenoxy) is 1. The van der Waals surface area contributed by atoms with E-state index in [1.54, 1.807) is 0 Å². The topological polar surface area (TPSA) is 58.6 Å². The Bertz CT molecular complexity index is 1140. The van der Waals surface area contributed by atoms with E-state index in [1.807, 2.05) is 86.3 Å². The van der Waals surface area contributed by atoms with E-state index in [0.717, 1.165) is 23.1 Å². The van der Waals surface area contributed by atoms with Crippen LogP contribution < -0.4 is 10.1 Å². The van der Waals surface area contributed by atoms with Gasteiger partial charge in [0.1, 0.15) is 5.75 Å². The number of hydrogen-bond acceptors (Lipinski definition) is 3. The first kappa shape index (κ1) is 24.5. The van der Waals surface area contributed by atoms with Crippen molar-refractivity contribution < 1.29 is 14.3 Å². The molecule has 4 rings (SSSR count). The largest absolute Gasteiger partial charge is 0.481 e. The van der Waals surface area contributed by atoms with E-state index in [0.29, 0.717) is 25.3 Å². The molecule has 35 heavy (non-hydrogen) atoms. The molecule has 0 fully saturated rings. The SMILES string of the molecule is CC[C@@H](Oc1ccc2c(c1)[C@@H](c1ccccc1)N(C(=O)C(C)C)CC2)C(=O)NCc1ccccc1. The summed E-state index contributed by atoms with van der Waals surface area (Å²) >= 11 is 0. The Balaban J connectivity index is 1.58. The van der Waals surface area contributed by atoms with Crippen LogP contribution in [0.3, 0.4) is 0 Å². The molecule has 0 radical (unpaired) electrons. The maximum Gasteiger partial charge on any atom is 0.261 e. The average molecular weight is 471 g/mol. The number of carbonyl (C=O) groups excluding carboxylic acids is 2. The van der Waals surface area contributed by atoms with Crippen molar-refractivity contribution in [2.75, 3.05) is 6.54 Å². The maximum absolute atomic E-state index is 13.1. The molecule has 0 saturated heterocycles. The van der Waals surface area contributed by atoms with Crippen molar-refractivity contribution in [3.63, 3.8) is 0 Å². The highest BCUT2D eigenvalue weighted by Crippen LogP contribution is 2.38. The molecule has 1 N–H and O–H groups in total. The Kier molecular flexibility index (Phi) is 7.86. The van der Waals surface area contributed by atoms with Gasteiger partial charge in [0, 0.05) is 19.0 Å². The standard InChI is InChI=1S/C30H34N2O3/c1-4-27(29(33)31-20-22-11-7-5-8-12-22)35-25-16-15-23-17-18-32(30(34)21(2)3)28(26(23)19-25)24-13-9-6-10-14-24/h5-16,19,21,27-28H,4,17-18,20H2,1-3H3,(H,31,33)/t27-,28-/m1/s1. The fourth-order valence-corrected chi connectivity index (χ4v) is 4.62. The number of hydrogen-bond donors (Lipinski definition) is 1. The van der Waals surface area contributed by atoms with Crippen LogP contribution in [0.1, 0.15) is 55.5 Å². The average Bonchev–Trinajstić information content (AvgIpc) is 2.90. The van der Waals surface area contributed by atoms with Crippen molar-refractivity contribution in [2.45, 2.75) is 52.3 Å². The number of nitrogens with one attached hydrogen (secondary N) is 1. The predicted molar refractivity (Wildman–Crippen MR) is 138 cm³/mol. The van der Waals surface area contributed by atoms with Crippen LogP contribution in [-0.2, 0) is 22.6 Å². The first-order valence-corrected chi connectivity index (χ1v) is 12.4. The van der Waals surface area contributed by atoms with Crippen molar-refractivity contribution in [3.8, 4) is 5.75 Å². The highest BCUT2D eigenvalue weighted by Gasteiger charge is 2.33. The van der Waals surface area contributed by atoms with Crippen molar-refractivity contribution >= 4 is 11.8 Å². The van der Waals surface area contributed by atoms with Gasteiger partial charge in [-0.15, -0.1) is 0 Å². The first-order chi connectivity index (χ1) is 17.0. The molecule has 182 valence electrons. The monoisotopic (exact) mass is 470 g/mol. The van der Waals surface area contributed by atoms with Crippen molar-refractivity contribution in [1.82, 2.24) is 10.2 Å². The molecule has 3 aromatic rings. The molecule has 5 heteroatoms. The van der Waals surface area contributed by atoms with E-state index >= 15 is 0 Å². The van der Waals surface area contributed by atoms with E-state index < -0.39 is 6.10 Å². The second kappa shape index (κ2) is 11.2. The zero-order valence-electron chi connectivity index (χ0n) is 20.7. The van der Waals surface area contributed by atoms with Crippen LogP contribution in [0.2, 0.25) is 0 Å². The molecule has 0 spiro atoms. The minimum atomic E-state index is -0.594. The van der Waals surface area contributed by atoms with Crippen LogP contribution in [0.4, 0.5) is 0 Å². The normalized spacial score (nSPS) is 15.9. The minimum Gasteiger partial charge on any atom is -0.481 e. The number of nitrogens with zero attached hydrogens (tertiary/aromatic N) is 1. The van der Waals surface area contributed by atoms with Gasteiger partial charge in [0.15, 0.2) is 6.10 Å². The van der Waals surface area contributed by atoms with Gasteiger partial charge in [-0.3, -0.25) is 9.59 Å². The molecule has 0 saturated carbocycles. The molecule has 0 aliphatic carbocycles. The quantitative estimate of drug-likeness (QED) is 0.487. The third-order valence-electron chi connectivity index (χ3n) is 6.49. The van der Waals surface area contributed by atoms with Gasteiger partial charge in [-0.2, -0.15) is 0 Å². The fraction of sp³-hybridized carbons (Fsp3) is 0.333. The molecule has 1 aliphatic heterocycles. The van der Waals surface area contributed by atoms with Crippen LogP contribution in [-0.4, -0.2) is 29.4 Å².